The first kappa shape index (κ1) is 18.8. The highest BCUT2D eigenvalue weighted by molar-refractivity contribution is 6.45. The van der Waals surface area contributed by atoms with E-state index in [4.69, 9.17) is 0 Å². The van der Waals surface area contributed by atoms with Gasteiger partial charge in [0.2, 0.25) is 0 Å². The summed E-state index contributed by atoms with van der Waals surface area (Å²) in [5, 5.41) is 9.28. The summed E-state index contributed by atoms with van der Waals surface area (Å²) < 4.78 is 13.3. The number of carbonyl (C=O) groups is 2. The maximum Gasteiger partial charge on any atom is 0.282 e. The molecule has 3 rings (SSSR count). The molecule has 1 aliphatic rings. The molecule has 5 nitrogen and oxygen atoms in total. The van der Waals surface area contributed by atoms with Crippen molar-refractivity contribution in [3.05, 3.63) is 70.7 Å². The molecule has 1 N–H and O–H groups in total. The van der Waals surface area contributed by atoms with Crippen LogP contribution >= 0.6 is 0 Å². The minimum Gasteiger partial charge on any atom is -0.395 e. The lowest BCUT2D eigenvalue weighted by atomic mass is 10.0. The summed E-state index contributed by atoms with van der Waals surface area (Å²) in [4.78, 5) is 29.2. The number of anilines is 1. The molecule has 2 aromatic carbocycles. The molecule has 0 fully saturated rings. The highest BCUT2D eigenvalue weighted by atomic mass is 19.1. The Morgan fingerprint density at radius 2 is 1.70 bits per heavy atom. The number of hydrogen-bond acceptors (Lipinski definition) is 4. The number of aryl methyl sites for hydroxylation is 1. The van der Waals surface area contributed by atoms with Crippen molar-refractivity contribution in [3.63, 3.8) is 0 Å². The van der Waals surface area contributed by atoms with Gasteiger partial charge in [-0.2, -0.15) is 0 Å². The number of imide groups is 1. The average Bonchev–Trinajstić information content (AvgIpc) is 2.89. The predicted molar refractivity (Wildman–Crippen MR) is 101 cm³/mol. The molecular formula is C21H21FN2O3. The Morgan fingerprint density at radius 1 is 1.04 bits per heavy atom. The number of nitrogens with zero attached hydrogens (tertiary/aromatic N) is 2. The highest BCUT2D eigenvalue weighted by Gasteiger charge is 2.42. The van der Waals surface area contributed by atoms with Crippen LogP contribution in [0, 0.1) is 19.7 Å². The van der Waals surface area contributed by atoms with Gasteiger partial charge >= 0.3 is 0 Å². The smallest absolute Gasteiger partial charge is 0.282 e. The van der Waals surface area contributed by atoms with Crippen LogP contribution in [0.1, 0.15) is 16.7 Å². The Balaban J connectivity index is 2.16. The van der Waals surface area contributed by atoms with E-state index in [1.807, 2.05) is 19.9 Å². The molecule has 140 valence electrons. The van der Waals surface area contributed by atoms with Gasteiger partial charge in [0, 0.05) is 13.6 Å². The van der Waals surface area contributed by atoms with Gasteiger partial charge < -0.3 is 10.0 Å². The summed E-state index contributed by atoms with van der Waals surface area (Å²) >= 11 is 0. The lowest BCUT2D eigenvalue weighted by Crippen LogP contribution is -2.35. The molecule has 2 aromatic rings. The van der Waals surface area contributed by atoms with Crippen molar-refractivity contribution in [2.75, 3.05) is 25.1 Å². The quantitative estimate of drug-likeness (QED) is 0.825. The Labute approximate surface area is 157 Å². The van der Waals surface area contributed by atoms with Gasteiger partial charge in [0.05, 0.1) is 17.9 Å². The molecule has 0 atom stereocenters. The Hall–Kier alpha value is -2.99. The number of amides is 2. The number of benzene rings is 2. The van der Waals surface area contributed by atoms with Crippen LogP contribution in [0.25, 0.3) is 5.57 Å². The first-order valence-corrected chi connectivity index (χ1v) is 8.64. The predicted octanol–water partition coefficient (Wildman–Crippen LogP) is 2.65. The summed E-state index contributed by atoms with van der Waals surface area (Å²) in [6, 6.07) is 10.9. The van der Waals surface area contributed by atoms with Gasteiger partial charge in [0.25, 0.3) is 11.8 Å². The lowest BCUT2D eigenvalue weighted by Gasteiger charge is -2.21. The lowest BCUT2D eigenvalue weighted by molar-refractivity contribution is -0.120. The molecule has 0 aliphatic carbocycles. The van der Waals surface area contributed by atoms with Crippen molar-refractivity contribution < 1.29 is 19.1 Å². The fourth-order valence-electron chi connectivity index (χ4n) is 3.21. The second kappa shape index (κ2) is 7.32. The van der Waals surface area contributed by atoms with Gasteiger partial charge in [-0.15, -0.1) is 0 Å². The topological polar surface area (TPSA) is 60.9 Å². The summed E-state index contributed by atoms with van der Waals surface area (Å²) in [5.41, 5.74) is 3.19. The van der Waals surface area contributed by atoms with E-state index in [-0.39, 0.29) is 24.4 Å². The Morgan fingerprint density at radius 3 is 2.33 bits per heavy atom. The van der Waals surface area contributed by atoms with Crippen molar-refractivity contribution in [3.8, 4) is 0 Å². The maximum atomic E-state index is 13.3. The third-order valence-corrected chi connectivity index (χ3v) is 4.83. The molecule has 2 amide bonds. The van der Waals surface area contributed by atoms with Gasteiger partial charge in [-0.3, -0.25) is 9.59 Å². The molecule has 0 unspecified atom stereocenters. The highest BCUT2D eigenvalue weighted by Crippen LogP contribution is 2.36. The van der Waals surface area contributed by atoms with Crippen LogP contribution in [0.4, 0.5) is 10.1 Å². The van der Waals surface area contributed by atoms with E-state index >= 15 is 0 Å². The SMILES string of the molecule is Cc1cccc(N2C(=O)C(c3ccc(F)cc3)=C(N(C)CCO)C2=O)c1C. The normalized spacial score (nSPS) is 14.3. The summed E-state index contributed by atoms with van der Waals surface area (Å²) in [5.74, 6) is -1.34. The monoisotopic (exact) mass is 368 g/mol. The maximum absolute atomic E-state index is 13.3. The zero-order valence-electron chi connectivity index (χ0n) is 15.5. The second-order valence-corrected chi connectivity index (χ2v) is 6.54. The minimum absolute atomic E-state index is 0.165. The van der Waals surface area contributed by atoms with Crippen molar-refractivity contribution >= 4 is 23.1 Å². The van der Waals surface area contributed by atoms with Gasteiger partial charge in [-0.05, 0) is 48.7 Å². The number of hydrogen-bond donors (Lipinski definition) is 1. The fraction of sp³-hybridized carbons (Fsp3) is 0.238. The Kier molecular flexibility index (Phi) is 5.10. The number of rotatable bonds is 5. The molecule has 0 bridgehead atoms. The standard InChI is InChI=1S/C21H21FN2O3/c1-13-5-4-6-17(14(13)2)24-20(26)18(15-7-9-16(22)10-8-15)19(21(24)27)23(3)11-12-25/h4-10,25H,11-12H2,1-3H3. The van der Waals surface area contributed by atoms with Crippen LogP contribution in [0.15, 0.2) is 48.2 Å². The molecular weight excluding hydrogens is 347 g/mol. The molecule has 1 aliphatic heterocycles. The third kappa shape index (κ3) is 3.24. The van der Waals surface area contributed by atoms with Gasteiger partial charge in [0.15, 0.2) is 0 Å². The molecule has 27 heavy (non-hydrogen) atoms. The van der Waals surface area contributed by atoms with Crippen molar-refractivity contribution in [2.24, 2.45) is 0 Å². The molecule has 0 radical (unpaired) electrons. The van der Waals surface area contributed by atoms with Crippen molar-refractivity contribution in [2.45, 2.75) is 13.8 Å². The van der Waals surface area contributed by atoms with Crippen LogP contribution in [0.3, 0.4) is 0 Å². The van der Waals surface area contributed by atoms with E-state index in [0.717, 1.165) is 16.0 Å². The average molecular weight is 368 g/mol. The van der Waals surface area contributed by atoms with Gasteiger partial charge in [-0.25, -0.2) is 9.29 Å². The molecule has 0 spiro atoms. The van der Waals surface area contributed by atoms with E-state index in [1.165, 1.54) is 24.3 Å². The molecule has 0 saturated heterocycles. The molecule has 0 aromatic heterocycles. The number of likely N-dealkylation sites (N-methyl/N-ethyl adjacent to an activating group) is 1. The summed E-state index contributed by atoms with van der Waals surface area (Å²) in [6.07, 6.45) is 0. The third-order valence-electron chi connectivity index (χ3n) is 4.83. The van der Waals surface area contributed by atoms with E-state index in [9.17, 15) is 19.1 Å². The van der Waals surface area contributed by atoms with Crippen LogP contribution in [-0.4, -0.2) is 42.0 Å². The Bertz CT molecular complexity index is 935. The van der Waals surface area contributed by atoms with Gasteiger partial charge in [0.1, 0.15) is 11.5 Å². The van der Waals surface area contributed by atoms with Crippen LogP contribution in [0.5, 0.6) is 0 Å². The van der Waals surface area contributed by atoms with E-state index < -0.39 is 17.6 Å². The molecule has 0 saturated carbocycles. The van der Waals surface area contributed by atoms with Crippen molar-refractivity contribution in [1.29, 1.82) is 0 Å². The first-order chi connectivity index (χ1) is 12.9. The van der Waals surface area contributed by atoms with E-state index in [0.29, 0.717) is 11.3 Å². The number of aliphatic hydroxyl groups excluding tert-OH is 1. The summed E-state index contributed by atoms with van der Waals surface area (Å²) in [6.45, 7) is 3.80. The fourth-order valence-corrected chi connectivity index (χ4v) is 3.21. The number of halogens is 1. The van der Waals surface area contributed by atoms with Gasteiger partial charge in [-0.1, -0.05) is 24.3 Å². The van der Waals surface area contributed by atoms with Crippen LogP contribution < -0.4 is 4.90 Å². The zero-order chi connectivity index (χ0) is 19.7. The number of aliphatic hydroxyl groups is 1. The zero-order valence-corrected chi connectivity index (χ0v) is 15.5. The summed E-state index contributed by atoms with van der Waals surface area (Å²) in [7, 11) is 1.65. The van der Waals surface area contributed by atoms with E-state index in [1.54, 1.807) is 24.1 Å². The van der Waals surface area contributed by atoms with Crippen molar-refractivity contribution in [1.82, 2.24) is 4.90 Å². The second-order valence-electron chi connectivity index (χ2n) is 6.54. The largest absolute Gasteiger partial charge is 0.395 e. The minimum atomic E-state index is -0.458. The van der Waals surface area contributed by atoms with E-state index in [2.05, 4.69) is 0 Å². The molecule has 1 heterocycles. The number of carbonyl (C=O) groups excluding carboxylic acids is 2. The molecule has 6 heteroatoms. The van der Waals surface area contributed by atoms with Crippen LogP contribution in [-0.2, 0) is 9.59 Å². The van der Waals surface area contributed by atoms with Crippen LogP contribution in [0.2, 0.25) is 0 Å². The first-order valence-electron chi connectivity index (χ1n) is 8.64.